The smallest absolute Gasteiger partial charge is 0.389 e. The van der Waals surface area contributed by atoms with Crippen LogP contribution < -0.4 is 38.2 Å². The second-order valence-corrected chi connectivity index (χ2v) is 29.2. The number of aliphatic hydroxyl groups excluding tert-OH is 5. The zero-order chi connectivity index (χ0) is 66.6. The molecule has 43 nitrogen and oxygen atoms in total. The molecule has 49 heteroatoms. The molecule has 0 saturated carbocycles. The van der Waals surface area contributed by atoms with Gasteiger partial charge < -0.3 is 95.9 Å². The Morgan fingerprint density at radius 3 is 2.02 bits per heavy atom. The fourth-order valence-corrected chi connectivity index (χ4v) is 14.5. The molecule has 3 aliphatic rings. The molecule has 3 aromatic heterocycles. The maximum Gasteiger partial charge on any atom is 0.483 e. The van der Waals surface area contributed by atoms with Crippen molar-refractivity contribution in [2.45, 2.75) is 132 Å². The van der Waals surface area contributed by atoms with Crippen molar-refractivity contribution in [1.82, 2.24) is 50.3 Å². The summed E-state index contributed by atoms with van der Waals surface area (Å²) in [4.78, 5) is 135. The second kappa shape index (κ2) is 29.5. The third-order valence-corrected chi connectivity index (χ3v) is 19.7. The number of carbonyl (C=O) groups excluding carboxylic acids is 3. The molecule has 3 aromatic rings. The second-order valence-electron chi connectivity index (χ2n) is 20.5. The predicted octanol–water partition coefficient (Wildman–Crippen LogP) is -5.21. The largest absolute Gasteiger partial charge is 0.483 e. The first kappa shape index (κ1) is 74.1. The number of aromatic amines is 1. The lowest BCUT2D eigenvalue weighted by Gasteiger charge is -2.46. The number of anilines is 1. The summed E-state index contributed by atoms with van der Waals surface area (Å²) >= 11 is 0.771. The van der Waals surface area contributed by atoms with Crippen LogP contribution in [0.1, 0.15) is 53.5 Å². The van der Waals surface area contributed by atoms with Gasteiger partial charge in [0.2, 0.25) is 17.7 Å². The Labute approximate surface area is 504 Å². The summed E-state index contributed by atoms with van der Waals surface area (Å²) < 4.78 is 114. The average molecular weight is 1400 g/mol. The van der Waals surface area contributed by atoms with E-state index in [4.69, 9.17) is 33.5 Å². The number of H-pyrrole nitrogens is 1. The lowest BCUT2D eigenvalue weighted by atomic mass is 9.87. The fourth-order valence-electron chi connectivity index (χ4n) is 8.65. The lowest BCUT2D eigenvalue weighted by molar-refractivity contribution is -0.212. The molecule has 504 valence electrons. The molecule has 0 radical (unpaired) electrons. The minimum Gasteiger partial charge on any atom is -0.389 e. The quantitative estimate of drug-likeness (QED) is 0.0163. The van der Waals surface area contributed by atoms with Crippen LogP contribution in [0.4, 0.5) is 5.82 Å². The van der Waals surface area contributed by atoms with Crippen LogP contribution in [0.5, 0.6) is 0 Å². The Kier molecular flexibility index (Phi) is 24.6. The van der Waals surface area contributed by atoms with E-state index in [-0.39, 0.29) is 42.2 Å². The molecule has 0 aromatic carbocycles. The average Bonchev–Trinajstić information content (AvgIpc) is 1.79. The van der Waals surface area contributed by atoms with E-state index in [0.29, 0.717) is 4.57 Å². The predicted molar refractivity (Wildman–Crippen MR) is 293 cm³/mol. The standard InChI is InChI=1S/C40H66N11O32P5S/c1-17-23(27(56)24(47-18(2)52)37(77-17)81-88(72,73)83-86(68,69)74-12-19-26(55)28(57)35(78-19)50-10-7-22(54)48-38(50)61)49-40(5,62)89-11-9-42-21(53)6-8-43-34(60)31(59)39(3,4)14-76-87(70,71)82-85(66,67)75-13-20-30(80-84(63,64)65)29(58)36(79-20)51-16-46-25-32(41)44-15-45-33(25)51/h7,10,15-17,19-20,23-24,26-31,35-37,49,55-59,62H,6,8-9,11-14H2,1-5H3,(H,42,53)(H,43,60)(H,47,52)(H,66,67)(H,68,69)(H,70,71)(H,72,73)(H2,41,44,45)(H,48,54,61)(H2,63,64,65)/t17-,19-,20-,23-,24-,26-,27+,28-,29-,30-,31+,35-,36-,37-,40+/m1/s1. The van der Waals surface area contributed by atoms with Gasteiger partial charge >= 0.3 is 44.8 Å². The number of phosphoric ester groups is 5. The van der Waals surface area contributed by atoms with E-state index in [1.165, 1.54) is 27.7 Å². The number of carbonyl (C=O) groups is 3. The van der Waals surface area contributed by atoms with Gasteiger partial charge in [-0.2, -0.15) is 8.62 Å². The number of imidazole rings is 1. The van der Waals surface area contributed by atoms with Gasteiger partial charge in [0.25, 0.3) is 5.56 Å². The van der Waals surface area contributed by atoms with Crippen molar-refractivity contribution in [2.75, 3.05) is 44.4 Å². The zero-order valence-electron chi connectivity index (χ0n) is 46.8. The Hall–Kier alpha value is -3.98. The minimum atomic E-state index is -5.79. The number of nitrogens with two attached hydrogens (primary N) is 1. The van der Waals surface area contributed by atoms with Crippen LogP contribution in [0.2, 0.25) is 0 Å². The molecule has 3 fully saturated rings. The van der Waals surface area contributed by atoms with Gasteiger partial charge in [0.15, 0.2) is 35.3 Å². The van der Waals surface area contributed by atoms with E-state index in [1.54, 1.807) is 0 Å². The highest BCUT2D eigenvalue weighted by atomic mass is 32.2. The van der Waals surface area contributed by atoms with Gasteiger partial charge in [0, 0.05) is 49.9 Å². The summed E-state index contributed by atoms with van der Waals surface area (Å²) in [5.74, 6) is -2.74. The van der Waals surface area contributed by atoms with E-state index in [0.717, 1.165) is 48.2 Å². The van der Waals surface area contributed by atoms with Crippen molar-refractivity contribution in [3.8, 4) is 0 Å². The topological polar surface area (TPSA) is 644 Å². The highest BCUT2D eigenvalue weighted by molar-refractivity contribution is 8.00. The van der Waals surface area contributed by atoms with Gasteiger partial charge in [-0.3, -0.25) is 61.2 Å². The van der Waals surface area contributed by atoms with Crippen molar-refractivity contribution in [3.63, 3.8) is 0 Å². The van der Waals surface area contributed by atoms with E-state index >= 15 is 0 Å². The van der Waals surface area contributed by atoms with Gasteiger partial charge in [-0.15, -0.1) is 11.8 Å². The van der Waals surface area contributed by atoms with Crippen LogP contribution in [-0.2, 0) is 82.7 Å². The fraction of sp³-hybridized carbons (Fsp3) is 0.700. The Bertz CT molecular complexity index is 3380. The maximum atomic E-state index is 13.1. The highest BCUT2D eigenvalue weighted by Gasteiger charge is 2.53. The summed E-state index contributed by atoms with van der Waals surface area (Å²) in [7, 11) is -28.2. The van der Waals surface area contributed by atoms with Crippen LogP contribution >= 0.6 is 50.9 Å². The monoisotopic (exact) mass is 1400 g/mol. The van der Waals surface area contributed by atoms with Gasteiger partial charge in [-0.1, -0.05) is 13.8 Å². The number of rotatable bonds is 31. The van der Waals surface area contributed by atoms with Gasteiger partial charge in [-0.05, 0) is 13.8 Å². The third-order valence-electron chi connectivity index (χ3n) is 12.9. The number of aliphatic hydroxyl groups is 6. The maximum absolute atomic E-state index is 13.1. The Morgan fingerprint density at radius 2 is 1.39 bits per heavy atom. The molecule has 3 amide bonds. The van der Waals surface area contributed by atoms with Crippen molar-refractivity contribution in [3.05, 3.63) is 45.8 Å². The number of nitrogen functional groups attached to an aromatic ring is 1. The van der Waals surface area contributed by atoms with Gasteiger partial charge in [-0.25, -0.2) is 42.6 Å². The molecule has 6 heterocycles. The first-order valence-electron chi connectivity index (χ1n) is 25.7. The summed E-state index contributed by atoms with van der Waals surface area (Å²) in [5.41, 5.74) is 2.20. The molecule has 3 saturated heterocycles. The number of ether oxygens (including phenoxy) is 3. The molecule has 3 aliphatic heterocycles. The summed E-state index contributed by atoms with van der Waals surface area (Å²) in [5, 5.41) is 72.9. The molecule has 89 heavy (non-hydrogen) atoms. The molecule has 19 atom stereocenters. The first-order chi connectivity index (χ1) is 41.0. The van der Waals surface area contributed by atoms with Crippen molar-refractivity contribution >= 4 is 85.6 Å². The first-order valence-corrected chi connectivity index (χ1v) is 34.2. The highest BCUT2D eigenvalue weighted by Crippen LogP contribution is 2.63. The van der Waals surface area contributed by atoms with Crippen molar-refractivity contribution in [2.24, 2.45) is 5.41 Å². The van der Waals surface area contributed by atoms with E-state index < -0.39 is 184 Å². The molecule has 4 unspecified atom stereocenters. The SMILES string of the molecule is CC(=O)N[C@H]1[C@@H](OP(=O)(O)OP(=O)(O)OC[C@H]2O[C@@H](n3ccc(=O)[nH]c3=O)[C@H](O)[C@@H]2O)O[C@H](C)[C@@H](N[C@@](C)(O)SCCNC(=O)CCNC(=O)[C@H](O)C(C)(C)COP(=O)(O)OP(=O)(O)OC[C@H]2O[C@@H](n3cnc4c(N)ncnc43)[C@H](O)[C@@H]2OP(=O)(O)O)[C@@H]1O. The molecular weight excluding hydrogens is 1330 g/mol. The number of nitrogens with one attached hydrogen (secondary N) is 5. The van der Waals surface area contributed by atoms with E-state index in [2.05, 4.69) is 53.9 Å². The molecule has 0 spiro atoms. The van der Waals surface area contributed by atoms with Crippen LogP contribution in [0, 0.1) is 5.41 Å². The molecular formula is C40H66N11O32P5S. The molecule has 19 N–H and O–H groups in total. The van der Waals surface area contributed by atoms with Gasteiger partial charge in [0.1, 0.15) is 60.6 Å². The number of nitrogens with zero attached hydrogens (tertiary/aromatic N) is 5. The third kappa shape index (κ3) is 20.5. The number of amides is 3. The Balaban J connectivity index is 0.902. The lowest BCUT2D eigenvalue weighted by Crippen LogP contribution is -2.69. The van der Waals surface area contributed by atoms with Crippen LogP contribution in [-0.4, -0.2) is 224 Å². The number of phosphoric acid groups is 5. The van der Waals surface area contributed by atoms with Crippen LogP contribution in [0.25, 0.3) is 11.2 Å². The zero-order valence-corrected chi connectivity index (χ0v) is 52.1. The van der Waals surface area contributed by atoms with Crippen LogP contribution in [0.15, 0.2) is 34.5 Å². The number of thioether (sulfide) groups is 1. The summed E-state index contributed by atoms with van der Waals surface area (Å²) in [6.07, 6.45) is -18.9. The van der Waals surface area contributed by atoms with E-state index in [1.807, 2.05) is 4.98 Å². The number of hydrogen-bond donors (Lipinski definition) is 18. The van der Waals surface area contributed by atoms with E-state index in [9.17, 15) is 107 Å². The Morgan fingerprint density at radius 1 is 0.787 bits per heavy atom. The van der Waals surface area contributed by atoms with Crippen molar-refractivity contribution < 1.29 is 143 Å². The van der Waals surface area contributed by atoms with Crippen LogP contribution in [0.3, 0.4) is 0 Å². The molecule has 0 aliphatic carbocycles. The van der Waals surface area contributed by atoms with Gasteiger partial charge in [0.05, 0.1) is 44.4 Å². The number of hydrogen-bond acceptors (Lipinski definition) is 32. The number of fused-ring (bicyclic) bond motifs is 1. The molecule has 6 rings (SSSR count). The normalized spacial score (nSPS) is 29.7. The molecule has 0 bridgehead atoms. The number of aromatic nitrogens is 6. The summed E-state index contributed by atoms with van der Waals surface area (Å²) in [6, 6.07) is -2.18. The summed E-state index contributed by atoms with van der Waals surface area (Å²) in [6.45, 7) is 2.03. The van der Waals surface area contributed by atoms with Crippen molar-refractivity contribution in [1.29, 1.82) is 0 Å². The minimum absolute atomic E-state index is 0.0158.